The van der Waals surface area contributed by atoms with Gasteiger partial charge < -0.3 is 24.9 Å². The number of hydrazone groups is 1. The zero-order valence-corrected chi connectivity index (χ0v) is 20.8. The third-order valence-corrected chi connectivity index (χ3v) is 5.80. The van der Waals surface area contributed by atoms with Crippen LogP contribution in [-0.2, 0) is 22.6 Å². The third-order valence-electron chi connectivity index (χ3n) is 5.80. The molecule has 0 bridgehead atoms. The first-order chi connectivity index (χ1) is 18.9. The molecule has 0 saturated heterocycles. The van der Waals surface area contributed by atoms with E-state index in [1.54, 1.807) is 18.3 Å². The SMILES string of the molecule is COc1cc(/C=N/NC(=O)C(Cc2c[nH]c3ccccc23)NC(=O)OCc2ccccc2)cc([N+](=O)[O-])c1O. The minimum atomic E-state index is -1.06. The molecular formula is C27H25N5O7. The van der Waals surface area contributed by atoms with E-state index >= 15 is 0 Å². The normalized spacial score (nSPS) is 11.7. The van der Waals surface area contributed by atoms with Crippen LogP contribution in [0.15, 0.2) is 78.0 Å². The van der Waals surface area contributed by atoms with Crippen LogP contribution >= 0.6 is 0 Å². The van der Waals surface area contributed by atoms with Crippen molar-refractivity contribution in [2.75, 3.05) is 7.11 Å². The number of fused-ring (bicyclic) bond motifs is 1. The molecule has 12 heteroatoms. The Morgan fingerprint density at radius 1 is 1.15 bits per heavy atom. The summed E-state index contributed by atoms with van der Waals surface area (Å²) in [6, 6.07) is 18.0. The van der Waals surface area contributed by atoms with Gasteiger partial charge >= 0.3 is 11.8 Å². The maximum Gasteiger partial charge on any atom is 0.408 e. The number of carbonyl (C=O) groups is 2. The molecule has 0 aliphatic carbocycles. The highest BCUT2D eigenvalue weighted by atomic mass is 16.6. The number of H-pyrrole nitrogens is 1. The standard InChI is InChI=1S/C27H25N5O7/c1-38-24-12-18(11-23(25(24)33)32(36)37)14-29-31-26(34)22(13-19-15-28-21-10-6-5-9-20(19)21)30-27(35)39-16-17-7-3-2-4-8-17/h2-12,14-15,22,28,33H,13,16H2,1H3,(H,30,35)(H,31,34)/b29-14+. The van der Waals surface area contributed by atoms with Gasteiger partial charge in [-0.3, -0.25) is 14.9 Å². The molecule has 1 aromatic heterocycles. The number of nitrogens with one attached hydrogen (secondary N) is 3. The van der Waals surface area contributed by atoms with Gasteiger partial charge in [0, 0.05) is 35.2 Å². The molecule has 12 nitrogen and oxygen atoms in total. The Kier molecular flexibility index (Phi) is 8.36. The van der Waals surface area contributed by atoms with Crippen molar-refractivity contribution in [3.63, 3.8) is 0 Å². The number of amides is 2. The Hall–Kier alpha value is -5.39. The first-order valence-electron chi connectivity index (χ1n) is 11.8. The molecule has 0 saturated carbocycles. The summed E-state index contributed by atoms with van der Waals surface area (Å²) in [7, 11) is 1.25. The lowest BCUT2D eigenvalue weighted by atomic mass is 10.0. The molecule has 3 aromatic carbocycles. The molecule has 2 amide bonds. The van der Waals surface area contributed by atoms with Crippen molar-refractivity contribution >= 4 is 34.8 Å². The fourth-order valence-corrected chi connectivity index (χ4v) is 3.87. The maximum atomic E-state index is 13.1. The highest BCUT2D eigenvalue weighted by Crippen LogP contribution is 2.36. The number of rotatable bonds is 10. The number of phenolic OH excluding ortho intramolecular Hbond substituents is 1. The lowest BCUT2D eigenvalue weighted by Gasteiger charge is -2.17. The van der Waals surface area contributed by atoms with Gasteiger partial charge in [-0.2, -0.15) is 5.10 Å². The summed E-state index contributed by atoms with van der Waals surface area (Å²) in [6.07, 6.45) is 2.25. The summed E-state index contributed by atoms with van der Waals surface area (Å²) < 4.78 is 10.3. The number of methoxy groups -OCH3 is 1. The average molecular weight is 532 g/mol. The van der Waals surface area contributed by atoms with E-state index in [9.17, 15) is 24.8 Å². The van der Waals surface area contributed by atoms with Gasteiger partial charge in [-0.1, -0.05) is 48.5 Å². The molecule has 1 atom stereocenters. The number of nitro groups is 1. The highest BCUT2D eigenvalue weighted by Gasteiger charge is 2.24. The molecule has 0 aliphatic rings. The maximum absolute atomic E-state index is 13.1. The lowest BCUT2D eigenvalue weighted by molar-refractivity contribution is -0.386. The Balaban J connectivity index is 1.50. The average Bonchev–Trinajstić information content (AvgIpc) is 3.35. The second-order valence-electron chi connectivity index (χ2n) is 8.40. The zero-order chi connectivity index (χ0) is 27.8. The van der Waals surface area contributed by atoms with Crippen molar-refractivity contribution in [2.45, 2.75) is 19.1 Å². The second kappa shape index (κ2) is 12.2. The number of benzene rings is 3. The largest absolute Gasteiger partial charge is 0.500 e. The lowest BCUT2D eigenvalue weighted by Crippen LogP contribution is -2.47. The molecule has 0 spiro atoms. The van der Waals surface area contributed by atoms with E-state index in [-0.39, 0.29) is 24.3 Å². The number of ether oxygens (including phenoxy) is 2. The number of alkyl carbamates (subject to hydrolysis) is 1. The quantitative estimate of drug-likeness (QED) is 0.137. The van der Waals surface area contributed by atoms with Crippen LogP contribution in [0.1, 0.15) is 16.7 Å². The number of para-hydroxylation sites is 1. The van der Waals surface area contributed by atoms with Crippen LogP contribution in [0.2, 0.25) is 0 Å². The van der Waals surface area contributed by atoms with Gasteiger partial charge in [-0.25, -0.2) is 10.2 Å². The van der Waals surface area contributed by atoms with Crippen molar-refractivity contribution in [2.24, 2.45) is 5.10 Å². The van der Waals surface area contributed by atoms with Gasteiger partial charge in [0.2, 0.25) is 5.75 Å². The fourth-order valence-electron chi connectivity index (χ4n) is 3.87. The van der Waals surface area contributed by atoms with Crippen LogP contribution in [0.4, 0.5) is 10.5 Å². The number of carbonyl (C=O) groups excluding carboxylic acids is 2. The minimum Gasteiger partial charge on any atom is -0.500 e. The van der Waals surface area contributed by atoms with Gasteiger partial charge in [0.1, 0.15) is 12.6 Å². The predicted octanol–water partition coefficient (Wildman–Crippen LogP) is 3.78. The molecule has 4 rings (SSSR count). The number of nitro benzene ring substituents is 1. The van der Waals surface area contributed by atoms with Gasteiger partial charge in [-0.05, 0) is 23.3 Å². The number of aromatic nitrogens is 1. The molecule has 0 aliphatic heterocycles. The molecule has 39 heavy (non-hydrogen) atoms. The molecule has 0 radical (unpaired) electrons. The van der Waals surface area contributed by atoms with E-state index in [1.165, 1.54) is 13.2 Å². The van der Waals surface area contributed by atoms with Crippen LogP contribution in [0, 0.1) is 10.1 Å². The molecule has 1 unspecified atom stereocenters. The topological polar surface area (TPSA) is 168 Å². The zero-order valence-electron chi connectivity index (χ0n) is 20.8. The monoisotopic (exact) mass is 531 g/mol. The van der Waals surface area contributed by atoms with E-state index < -0.39 is 34.4 Å². The summed E-state index contributed by atoms with van der Waals surface area (Å²) in [5.41, 5.74) is 4.41. The van der Waals surface area contributed by atoms with Crippen molar-refractivity contribution in [3.8, 4) is 11.5 Å². The van der Waals surface area contributed by atoms with Crippen molar-refractivity contribution in [1.29, 1.82) is 0 Å². The van der Waals surface area contributed by atoms with Crippen LogP contribution in [0.3, 0.4) is 0 Å². The smallest absolute Gasteiger partial charge is 0.408 e. The van der Waals surface area contributed by atoms with E-state index in [1.807, 2.05) is 42.5 Å². The summed E-state index contributed by atoms with van der Waals surface area (Å²) >= 11 is 0. The highest BCUT2D eigenvalue weighted by molar-refractivity contribution is 5.90. The van der Waals surface area contributed by atoms with Crippen molar-refractivity contribution < 1.29 is 29.1 Å². The molecular weight excluding hydrogens is 506 g/mol. The van der Waals surface area contributed by atoms with Gasteiger partial charge in [0.05, 0.1) is 18.2 Å². The molecule has 0 fully saturated rings. The van der Waals surface area contributed by atoms with E-state index in [4.69, 9.17) is 9.47 Å². The predicted molar refractivity (Wildman–Crippen MR) is 143 cm³/mol. The van der Waals surface area contributed by atoms with Gasteiger partial charge in [-0.15, -0.1) is 0 Å². The Morgan fingerprint density at radius 2 is 1.90 bits per heavy atom. The minimum absolute atomic E-state index is 0.0215. The Morgan fingerprint density at radius 3 is 2.64 bits per heavy atom. The Labute approximate surface area is 222 Å². The van der Waals surface area contributed by atoms with E-state index in [2.05, 4.69) is 20.8 Å². The van der Waals surface area contributed by atoms with Crippen molar-refractivity contribution in [1.82, 2.24) is 15.7 Å². The molecule has 4 N–H and O–H groups in total. The first kappa shape index (κ1) is 26.7. The summed E-state index contributed by atoms with van der Waals surface area (Å²) in [4.78, 5) is 39.2. The van der Waals surface area contributed by atoms with E-state index in [0.717, 1.165) is 34.3 Å². The first-order valence-corrected chi connectivity index (χ1v) is 11.8. The van der Waals surface area contributed by atoms with Gasteiger partial charge in [0.15, 0.2) is 5.75 Å². The molecule has 1 heterocycles. The second-order valence-corrected chi connectivity index (χ2v) is 8.40. The number of hydrogen-bond acceptors (Lipinski definition) is 8. The Bertz CT molecular complexity index is 1520. The number of hydrogen-bond donors (Lipinski definition) is 4. The number of aromatic amines is 1. The van der Waals surface area contributed by atoms with Crippen LogP contribution < -0.4 is 15.5 Å². The fraction of sp³-hybridized carbons (Fsp3) is 0.148. The molecule has 4 aromatic rings. The summed E-state index contributed by atoms with van der Waals surface area (Å²) in [5, 5.41) is 28.5. The number of phenols is 1. The van der Waals surface area contributed by atoms with Crippen LogP contribution in [0.5, 0.6) is 11.5 Å². The van der Waals surface area contributed by atoms with Crippen molar-refractivity contribution in [3.05, 3.63) is 99.7 Å². The number of aromatic hydroxyl groups is 1. The van der Waals surface area contributed by atoms with Crippen LogP contribution in [-0.4, -0.2) is 46.4 Å². The summed E-state index contributed by atoms with van der Waals surface area (Å²) in [6.45, 7) is 0.0215. The van der Waals surface area contributed by atoms with Gasteiger partial charge in [0.25, 0.3) is 5.91 Å². The molecule has 200 valence electrons. The third kappa shape index (κ3) is 6.68. The number of nitrogens with zero attached hydrogens (tertiary/aromatic N) is 2. The van der Waals surface area contributed by atoms with Crippen LogP contribution in [0.25, 0.3) is 10.9 Å². The summed E-state index contributed by atoms with van der Waals surface area (Å²) in [5.74, 6) is -1.40. The van der Waals surface area contributed by atoms with E-state index in [0.29, 0.717) is 0 Å².